The van der Waals surface area contributed by atoms with Crippen molar-refractivity contribution in [3.8, 4) is 0 Å². The molecule has 0 amide bonds. The Balaban J connectivity index is 2.06. The number of likely N-dealkylation sites (N-methyl/N-ethyl adjacent to an activating group) is 1. The number of benzene rings is 2. The molecule has 0 bridgehead atoms. The van der Waals surface area contributed by atoms with E-state index in [0.717, 1.165) is 12.8 Å². The van der Waals surface area contributed by atoms with Crippen LogP contribution in [0.1, 0.15) is 22.3 Å². The van der Waals surface area contributed by atoms with Gasteiger partial charge in [0.05, 0.1) is 0 Å². The van der Waals surface area contributed by atoms with Gasteiger partial charge in [-0.25, -0.2) is 0 Å². The van der Waals surface area contributed by atoms with Gasteiger partial charge in [-0.15, -0.1) is 0 Å². The summed E-state index contributed by atoms with van der Waals surface area (Å²) >= 11 is 0. The van der Waals surface area contributed by atoms with E-state index in [2.05, 4.69) is 74.7 Å². The molecule has 0 aromatic heterocycles. The number of nitrogens with one attached hydrogen (secondary N) is 1. The minimum absolute atomic E-state index is 0.489. The van der Waals surface area contributed by atoms with E-state index in [4.69, 9.17) is 0 Å². The highest BCUT2D eigenvalue weighted by atomic mass is 14.9. The van der Waals surface area contributed by atoms with Crippen molar-refractivity contribution >= 4 is 0 Å². The predicted octanol–water partition coefficient (Wildman–Crippen LogP) is 3.68. The number of hydrogen-bond acceptors (Lipinski definition) is 1. The average Bonchev–Trinajstić information content (AvgIpc) is 2.38. The van der Waals surface area contributed by atoms with Crippen LogP contribution in [0.2, 0.25) is 0 Å². The molecule has 1 heteroatoms. The Bertz CT molecular complexity index is 496. The first-order valence-corrected chi connectivity index (χ1v) is 6.96. The molecule has 1 nitrogen and oxygen atoms in total. The lowest BCUT2D eigenvalue weighted by atomic mass is 9.97. The molecule has 0 spiro atoms. The molecule has 0 heterocycles. The van der Waals surface area contributed by atoms with E-state index in [0.29, 0.717) is 6.04 Å². The summed E-state index contributed by atoms with van der Waals surface area (Å²) in [4.78, 5) is 0. The third-order valence-electron chi connectivity index (χ3n) is 3.50. The lowest BCUT2D eigenvalue weighted by Crippen LogP contribution is -2.29. The Morgan fingerprint density at radius 2 is 1.42 bits per heavy atom. The summed E-state index contributed by atoms with van der Waals surface area (Å²) in [6.45, 7) is 4.34. The maximum absolute atomic E-state index is 3.44. The minimum atomic E-state index is 0.489. The first kappa shape index (κ1) is 13.8. The van der Waals surface area contributed by atoms with E-state index in [1.807, 2.05) is 0 Å². The monoisotopic (exact) mass is 253 g/mol. The summed E-state index contributed by atoms with van der Waals surface area (Å²) in [5.41, 5.74) is 5.52. The summed E-state index contributed by atoms with van der Waals surface area (Å²) in [5.74, 6) is 0. The number of aryl methyl sites for hydroxylation is 2. The zero-order chi connectivity index (χ0) is 13.7. The smallest absolute Gasteiger partial charge is 0.0145 e. The molecule has 0 saturated heterocycles. The highest BCUT2D eigenvalue weighted by Gasteiger charge is 2.08. The van der Waals surface area contributed by atoms with Gasteiger partial charge in [0.25, 0.3) is 0 Å². The quantitative estimate of drug-likeness (QED) is 0.857. The Morgan fingerprint density at radius 3 is 2.00 bits per heavy atom. The number of hydrogen-bond donors (Lipinski definition) is 1. The molecule has 0 aliphatic carbocycles. The second-order valence-electron chi connectivity index (χ2n) is 5.38. The highest BCUT2D eigenvalue weighted by molar-refractivity contribution is 5.29. The number of rotatable bonds is 5. The summed E-state index contributed by atoms with van der Waals surface area (Å²) < 4.78 is 0. The van der Waals surface area contributed by atoms with Gasteiger partial charge in [-0.3, -0.25) is 0 Å². The molecule has 100 valence electrons. The van der Waals surface area contributed by atoms with Crippen LogP contribution in [0.25, 0.3) is 0 Å². The molecule has 0 fully saturated rings. The van der Waals surface area contributed by atoms with Crippen LogP contribution in [0.5, 0.6) is 0 Å². The molecule has 1 N–H and O–H groups in total. The van der Waals surface area contributed by atoms with Crippen molar-refractivity contribution in [1.29, 1.82) is 0 Å². The second kappa shape index (κ2) is 6.53. The molecular weight excluding hydrogens is 230 g/mol. The van der Waals surface area contributed by atoms with Crippen molar-refractivity contribution in [3.63, 3.8) is 0 Å². The topological polar surface area (TPSA) is 12.0 Å². The third kappa shape index (κ3) is 4.22. The summed E-state index contributed by atoms with van der Waals surface area (Å²) in [7, 11) is 2.05. The van der Waals surface area contributed by atoms with Crippen LogP contribution in [-0.2, 0) is 12.8 Å². The van der Waals surface area contributed by atoms with Crippen LogP contribution in [-0.4, -0.2) is 13.1 Å². The van der Waals surface area contributed by atoms with Crippen molar-refractivity contribution in [2.24, 2.45) is 0 Å². The molecule has 2 aromatic rings. The summed E-state index contributed by atoms with van der Waals surface area (Å²) in [6, 6.07) is 18.0. The van der Waals surface area contributed by atoms with Gasteiger partial charge in [0.2, 0.25) is 0 Å². The molecular formula is C18H23N. The van der Waals surface area contributed by atoms with Crippen LogP contribution < -0.4 is 5.32 Å². The van der Waals surface area contributed by atoms with E-state index in [-0.39, 0.29) is 0 Å². The largest absolute Gasteiger partial charge is 0.316 e. The molecule has 0 aliphatic heterocycles. The zero-order valence-electron chi connectivity index (χ0n) is 12.1. The average molecular weight is 253 g/mol. The van der Waals surface area contributed by atoms with Crippen molar-refractivity contribution in [2.75, 3.05) is 7.05 Å². The van der Waals surface area contributed by atoms with E-state index >= 15 is 0 Å². The third-order valence-corrected chi connectivity index (χ3v) is 3.50. The lowest BCUT2D eigenvalue weighted by Gasteiger charge is -2.17. The SMILES string of the molecule is CNC(Cc1ccccc1)Cc1cc(C)cc(C)c1. The fraction of sp³-hybridized carbons (Fsp3) is 0.333. The van der Waals surface area contributed by atoms with E-state index in [1.165, 1.54) is 22.3 Å². The summed E-state index contributed by atoms with van der Waals surface area (Å²) in [5, 5.41) is 3.44. The normalized spacial score (nSPS) is 12.4. The van der Waals surface area contributed by atoms with Crippen LogP contribution in [0.3, 0.4) is 0 Å². The van der Waals surface area contributed by atoms with Crippen molar-refractivity contribution < 1.29 is 0 Å². The van der Waals surface area contributed by atoms with Gasteiger partial charge in [-0.05, 0) is 44.9 Å². The van der Waals surface area contributed by atoms with E-state index in [1.54, 1.807) is 0 Å². The van der Waals surface area contributed by atoms with Crippen LogP contribution >= 0.6 is 0 Å². The maximum atomic E-state index is 3.44. The standard InChI is InChI=1S/C18H23N/c1-14-9-15(2)11-17(10-14)13-18(19-3)12-16-7-5-4-6-8-16/h4-11,18-19H,12-13H2,1-3H3. The molecule has 0 aliphatic rings. The fourth-order valence-electron chi connectivity index (χ4n) is 2.65. The first-order valence-electron chi connectivity index (χ1n) is 6.96. The second-order valence-corrected chi connectivity index (χ2v) is 5.38. The van der Waals surface area contributed by atoms with Gasteiger partial charge in [0.1, 0.15) is 0 Å². The van der Waals surface area contributed by atoms with E-state index in [9.17, 15) is 0 Å². The van der Waals surface area contributed by atoms with Crippen LogP contribution in [0.4, 0.5) is 0 Å². The van der Waals surface area contributed by atoms with Crippen LogP contribution in [0.15, 0.2) is 48.5 Å². The molecule has 1 unspecified atom stereocenters. The van der Waals surface area contributed by atoms with Gasteiger partial charge in [-0.1, -0.05) is 59.7 Å². The molecule has 19 heavy (non-hydrogen) atoms. The Hall–Kier alpha value is -1.60. The van der Waals surface area contributed by atoms with E-state index < -0.39 is 0 Å². The summed E-state index contributed by atoms with van der Waals surface area (Å²) in [6.07, 6.45) is 2.15. The van der Waals surface area contributed by atoms with Crippen molar-refractivity contribution in [1.82, 2.24) is 5.32 Å². The minimum Gasteiger partial charge on any atom is -0.316 e. The van der Waals surface area contributed by atoms with Crippen LogP contribution in [0, 0.1) is 13.8 Å². The molecule has 2 rings (SSSR count). The molecule has 2 aromatic carbocycles. The maximum Gasteiger partial charge on any atom is 0.0145 e. The van der Waals surface area contributed by atoms with Gasteiger partial charge < -0.3 is 5.32 Å². The van der Waals surface area contributed by atoms with Crippen molar-refractivity contribution in [3.05, 3.63) is 70.8 Å². The lowest BCUT2D eigenvalue weighted by molar-refractivity contribution is 0.556. The molecule has 0 radical (unpaired) electrons. The van der Waals surface area contributed by atoms with Crippen molar-refractivity contribution in [2.45, 2.75) is 32.7 Å². The van der Waals surface area contributed by atoms with Gasteiger partial charge in [0.15, 0.2) is 0 Å². The first-order chi connectivity index (χ1) is 9.17. The fourth-order valence-corrected chi connectivity index (χ4v) is 2.65. The van der Waals surface area contributed by atoms with Gasteiger partial charge >= 0.3 is 0 Å². The zero-order valence-corrected chi connectivity index (χ0v) is 12.1. The Kier molecular flexibility index (Phi) is 4.75. The molecule has 0 saturated carbocycles. The highest BCUT2D eigenvalue weighted by Crippen LogP contribution is 2.13. The Labute approximate surface area is 116 Å². The predicted molar refractivity (Wildman–Crippen MR) is 82.6 cm³/mol. The van der Waals surface area contributed by atoms with Gasteiger partial charge in [-0.2, -0.15) is 0 Å². The molecule has 1 atom stereocenters. The van der Waals surface area contributed by atoms with Gasteiger partial charge in [0, 0.05) is 6.04 Å². The Morgan fingerprint density at radius 1 is 0.842 bits per heavy atom.